The Kier molecular flexibility index (Phi) is 14.0. The zero-order valence-corrected chi connectivity index (χ0v) is 37.7. The lowest BCUT2D eigenvalue weighted by atomic mass is 9.98. The van der Waals surface area contributed by atoms with Crippen molar-refractivity contribution in [2.45, 2.75) is 39.2 Å². The molecule has 2 aliphatic heterocycles. The first-order valence-corrected chi connectivity index (χ1v) is 21.7. The average Bonchev–Trinajstić information content (AvgIpc) is 3.51. The van der Waals surface area contributed by atoms with E-state index in [1.54, 1.807) is 67.3 Å². The fraction of sp³-hybridized carbons (Fsp3) is 0.340. The van der Waals surface area contributed by atoms with Gasteiger partial charge in [-0.1, -0.05) is 41.9 Å². The van der Waals surface area contributed by atoms with Gasteiger partial charge in [0.25, 0.3) is 0 Å². The van der Waals surface area contributed by atoms with Crippen LogP contribution in [0.2, 0.25) is 5.02 Å². The Morgan fingerprint density at radius 2 is 1.61 bits per heavy atom. The number of aromatic nitrogens is 4. The number of nitrogens with one attached hydrogen (secondary N) is 1. The summed E-state index contributed by atoms with van der Waals surface area (Å²) in [6.07, 6.45) is -4.93. The van der Waals surface area contributed by atoms with Crippen molar-refractivity contribution in [3.05, 3.63) is 112 Å². The Hall–Kier alpha value is -6.70. The van der Waals surface area contributed by atoms with Gasteiger partial charge in [0.2, 0.25) is 0 Å². The molecular formula is C47H47ClF4N8O7. The lowest BCUT2D eigenvalue weighted by molar-refractivity contribution is -0.137. The Labute approximate surface area is 388 Å². The van der Waals surface area contributed by atoms with Gasteiger partial charge in [0.05, 0.1) is 67.2 Å². The third-order valence-corrected chi connectivity index (χ3v) is 12.0. The van der Waals surface area contributed by atoms with Gasteiger partial charge < -0.3 is 38.6 Å². The molecule has 6 aromatic rings. The highest BCUT2D eigenvalue weighted by molar-refractivity contribution is 6.36. The van der Waals surface area contributed by atoms with Crippen molar-refractivity contribution >= 4 is 46.1 Å². The molecule has 67 heavy (non-hydrogen) atoms. The van der Waals surface area contributed by atoms with Crippen LogP contribution >= 0.6 is 11.6 Å². The van der Waals surface area contributed by atoms with E-state index in [9.17, 15) is 9.90 Å². The lowest BCUT2D eigenvalue weighted by Crippen LogP contribution is -2.38. The molecule has 0 radical (unpaired) electrons. The molecule has 8 rings (SSSR count). The number of rotatable bonds is 15. The van der Waals surface area contributed by atoms with Crippen LogP contribution in [0, 0.1) is 12.7 Å². The quantitative estimate of drug-likeness (QED) is 0.0940. The molecule has 0 spiro atoms. The number of alkyl halides is 3. The van der Waals surface area contributed by atoms with Crippen LogP contribution in [0.5, 0.6) is 23.3 Å². The van der Waals surface area contributed by atoms with E-state index in [1.807, 2.05) is 24.3 Å². The molecule has 5 heterocycles. The van der Waals surface area contributed by atoms with Crippen molar-refractivity contribution in [3.63, 3.8) is 0 Å². The maximum Gasteiger partial charge on any atom is 0.418 e. The number of halogens is 5. The fourth-order valence-corrected chi connectivity index (χ4v) is 8.60. The number of hydrogen-bond donors (Lipinski definition) is 2. The van der Waals surface area contributed by atoms with Crippen molar-refractivity contribution in [3.8, 4) is 34.5 Å². The van der Waals surface area contributed by atoms with E-state index >= 15 is 17.6 Å². The Balaban J connectivity index is 1.31. The number of carbonyl (C=O) groups is 1. The van der Waals surface area contributed by atoms with Crippen LogP contribution in [0.25, 0.3) is 22.2 Å². The van der Waals surface area contributed by atoms with Gasteiger partial charge in [-0.25, -0.2) is 19.2 Å². The molecule has 0 aliphatic carbocycles. The summed E-state index contributed by atoms with van der Waals surface area (Å²) in [6.45, 7) is 6.37. The van der Waals surface area contributed by atoms with E-state index in [0.717, 1.165) is 11.1 Å². The van der Waals surface area contributed by atoms with Crippen molar-refractivity contribution in [2.24, 2.45) is 0 Å². The second-order valence-electron chi connectivity index (χ2n) is 15.8. The zero-order valence-electron chi connectivity index (χ0n) is 37.0. The third kappa shape index (κ3) is 10.2. The Bertz CT molecular complexity index is 2700. The first kappa shape index (κ1) is 46.8. The smallest absolute Gasteiger partial charge is 0.418 e. The van der Waals surface area contributed by atoms with E-state index in [-0.39, 0.29) is 73.0 Å². The predicted molar refractivity (Wildman–Crippen MR) is 243 cm³/mol. The van der Waals surface area contributed by atoms with E-state index < -0.39 is 51.5 Å². The molecule has 1 saturated heterocycles. The van der Waals surface area contributed by atoms with Gasteiger partial charge in [0.1, 0.15) is 47.7 Å². The summed E-state index contributed by atoms with van der Waals surface area (Å²) < 4.78 is 92.8. The molecule has 352 valence electrons. The highest BCUT2D eigenvalue weighted by Gasteiger charge is 2.41. The van der Waals surface area contributed by atoms with Gasteiger partial charge in [-0.2, -0.15) is 23.1 Å². The number of pyridine rings is 2. The predicted octanol–water partition coefficient (Wildman–Crippen LogP) is 9.19. The van der Waals surface area contributed by atoms with Crippen LogP contribution in [0.4, 0.5) is 39.8 Å². The van der Waals surface area contributed by atoms with E-state index in [0.29, 0.717) is 49.9 Å². The number of methoxy groups -OCH3 is 2. The molecule has 3 aromatic carbocycles. The van der Waals surface area contributed by atoms with E-state index in [1.165, 1.54) is 19.2 Å². The molecule has 1 atom stereocenters. The topological polar surface area (TPSA) is 157 Å². The number of carboxylic acid groups (broad SMARTS) is 1. The molecule has 0 unspecified atom stereocenters. The normalized spacial score (nSPS) is 14.6. The molecule has 3 aromatic heterocycles. The fourth-order valence-electron chi connectivity index (χ4n) is 8.28. The van der Waals surface area contributed by atoms with Crippen molar-refractivity contribution < 1.29 is 51.1 Å². The molecule has 2 N–H and O–H groups in total. The summed E-state index contributed by atoms with van der Waals surface area (Å²) in [7, 11) is 3.09. The standard InChI is InChI=1S/C47H47ClF4N8O7/c1-27-24-34(59(25-29-7-11-31(63-3)12-8-29)26-30-9-13-32(64-4)14-10-30)54-40(37(27)47(50,51)52)35-38(48)42-36-41(39(35)49)55-45(67-22-18-58-16-20-65-21-17-58)57-44(36)60(19-23-66-42)28(2)33-6-5-15-53-43(33)56-46(61)62/h5-15,24,28H,16-23,25-26H2,1-4H3,(H,53,56)(H,61,62)/t28-/m1/s1. The van der Waals surface area contributed by atoms with Crippen LogP contribution in [0.1, 0.15) is 40.8 Å². The maximum absolute atomic E-state index is 17.9. The number of hydrogen-bond acceptors (Lipinski definition) is 13. The van der Waals surface area contributed by atoms with Crippen molar-refractivity contribution in [1.82, 2.24) is 24.8 Å². The molecular weight excluding hydrogens is 900 g/mol. The number of benzene rings is 3. The minimum Gasteiger partial charge on any atom is -0.497 e. The molecule has 20 heteroatoms. The Morgan fingerprint density at radius 1 is 0.955 bits per heavy atom. The maximum atomic E-state index is 17.9. The van der Waals surface area contributed by atoms with Crippen LogP contribution in [0.3, 0.4) is 0 Å². The lowest BCUT2D eigenvalue weighted by Gasteiger charge is -2.31. The number of ether oxygens (including phenoxy) is 5. The average molecular weight is 947 g/mol. The number of anilines is 3. The highest BCUT2D eigenvalue weighted by atomic mass is 35.5. The molecule has 1 fully saturated rings. The second-order valence-corrected chi connectivity index (χ2v) is 16.2. The number of nitrogens with zero attached hydrogens (tertiary/aromatic N) is 7. The van der Waals surface area contributed by atoms with Crippen LogP contribution in [0.15, 0.2) is 72.9 Å². The van der Waals surface area contributed by atoms with Crippen LogP contribution in [-0.2, 0) is 24.0 Å². The first-order chi connectivity index (χ1) is 32.2. The molecule has 1 amide bonds. The monoisotopic (exact) mass is 946 g/mol. The minimum atomic E-state index is -5.02. The van der Waals surface area contributed by atoms with Crippen LogP contribution < -0.4 is 34.1 Å². The molecule has 0 bridgehead atoms. The SMILES string of the molecule is COc1ccc(CN(Cc2ccc(OC)cc2)c2cc(C)c(C(F)(F)F)c(-c3c(Cl)c4c5c(nc(OCCN6CCOCC6)nc5c3F)N([C@H](C)c3cccnc3NC(=O)O)CCO4)n2)cc1. The van der Waals surface area contributed by atoms with Crippen LogP contribution in [-0.4, -0.2) is 103 Å². The van der Waals surface area contributed by atoms with E-state index in [4.69, 9.17) is 40.3 Å². The Morgan fingerprint density at radius 3 is 2.22 bits per heavy atom. The highest BCUT2D eigenvalue weighted by Crippen LogP contribution is 2.51. The molecule has 2 aliphatic rings. The summed E-state index contributed by atoms with van der Waals surface area (Å²) in [5.74, 6) is 0.0891. The number of amides is 1. The summed E-state index contributed by atoms with van der Waals surface area (Å²) in [6, 6.07) is 18.1. The minimum absolute atomic E-state index is 0.0326. The summed E-state index contributed by atoms with van der Waals surface area (Å²) in [5, 5.41) is 11.4. The van der Waals surface area contributed by atoms with Gasteiger partial charge in [0, 0.05) is 44.5 Å². The van der Waals surface area contributed by atoms with Crippen molar-refractivity contribution in [1.29, 1.82) is 0 Å². The summed E-state index contributed by atoms with van der Waals surface area (Å²) in [5.41, 5.74) is -1.29. The van der Waals surface area contributed by atoms with Gasteiger partial charge in [-0.3, -0.25) is 10.2 Å². The van der Waals surface area contributed by atoms with Gasteiger partial charge in [0.15, 0.2) is 11.6 Å². The third-order valence-electron chi connectivity index (χ3n) is 11.6. The second kappa shape index (κ2) is 20.0. The van der Waals surface area contributed by atoms with Gasteiger partial charge >= 0.3 is 18.3 Å². The van der Waals surface area contributed by atoms with Gasteiger partial charge in [-0.05, 0) is 66.9 Å². The summed E-state index contributed by atoms with van der Waals surface area (Å²) >= 11 is 7.15. The molecule has 15 nitrogen and oxygen atoms in total. The number of morpholine rings is 1. The first-order valence-electron chi connectivity index (χ1n) is 21.3. The van der Waals surface area contributed by atoms with Gasteiger partial charge in [-0.15, -0.1) is 0 Å². The zero-order chi connectivity index (χ0) is 47.4. The van der Waals surface area contributed by atoms with Crippen molar-refractivity contribution in [2.75, 3.05) is 81.9 Å². The summed E-state index contributed by atoms with van der Waals surface area (Å²) in [4.78, 5) is 35.5. The number of aryl methyl sites for hydroxylation is 1. The largest absolute Gasteiger partial charge is 0.497 e. The van der Waals surface area contributed by atoms with E-state index in [2.05, 4.69) is 25.2 Å². The molecule has 0 saturated carbocycles.